The molecule has 3 aromatic rings. The number of anilines is 1. The third-order valence-corrected chi connectivity index (χ3v) is 5.74. The van der Waals surface area contributed by atoms with Crippen molar-refractivity contribution in [1.29, 1.82) is 0 Å². The van der Waals surface area contributed by atoms with Crippen LogP contribution in [0.2, 0.25) is 0 Å². The molecule has 0 radical (unpaired) electrons. The first kappa shape index (κ1) is 21.7. The van der Waals surface area contributed by atoms with Crippen LogP contribution >= 0.6 is 0 Å². The molecule has 168 valence electrons. The van der Waals surface area contributed by atoms with E-state index >= 15 is 0 Å². The van der Waals surface area contributed by atoms with Gasteiger partial charge in [-0.2, -0.15) is 0 Å². The van der Waals surface area contributed by atoms with Gasteiger partial charge in [-0.25, -0.2) is 14.8 Å². The van der Waals surface area contributed by atoms with E-state index in [0.29, 0.717) is 31.7 Å². The Kier molecular flexibility index (Phi) is 5.79. The summed E-state index contributed by atoms with van der Waals surface area (Å²) in [5.74, 6) is 0.723. The standard InChI is InChI=1S/C22H27N7O3/c1-25(2)14-15-5-6-18(23-12-15)28-7-9-29(10-8-28)20(30)16-11-17-19(24-13-16)26(3)22(32)27(4)21(17)31/h5-6,11-13H,7-10,14H2,1-4H3. The zero-order chi connectivity index (χ0) is 23.0. The molecule has 1 amide bonds. The molecule has 0 N–H and O–H groups in total. The molecule has 0 unspecified atom stereocenters. The van der Waals surface area contributed by atoms with Crippen LogP contribution in [0.4, 0.5) is 5.82 Å². The first-order chi connectivity index (χ1) is 15.3. The molecule has 0 bridgehead atoms. The van der Waals surface area contributed by atoms with Gasteiger partial charge in [0.2, 0.25) is 0 Å². The lowest BCUT2D eigenvalue weighted by atomic mass is 10.2. The van der Waals surface area contributed by atoms with Crippen molar-refractivity contribution < 1.29 is 4.79 Å². The van der Waals surface area contributed by atoms with E-state index in [9.17, 15) is 14.4 Å². The second-order valence-corrected chi connectivity index (χ2v) is 8.34. The Morgan fingerprint density at radius 3 is 2.34 bits per heavy atom. The van der Waals surface area contributed by atoms with Gasteiger partial charge in [-0.1, -0.05) is 6.07 Å². The van der Waals surface area contributed by atoms with Crippen molar-refractivity contribution in [3.8, 4) is 0 Å². The summed E-state index contributed by atoms with van der Waals surface area (Å²) in [7, 11) is 7.01. The SMILES string of the molecule is CN(C)Cc1ccc(N2CCN(C(=O)c3cnc4c(c3)c(=O)n(C)c(=O)n4C)CC2)nc1. The first-order valence-corrected chi connectivity index (χ1v) is 10.5. The van der Waals surface area contributed by atoms with Crippen molar-refractivity contribution in [1.82, 2.24) is 28.9 Å². The molecule has 0 spiro atoms. The van der Waals surface area contributed by atoms with Gasteiger partial charge in [0.15, 0.2) is 0 Å². The summed E-state index contributed by atoms with van der Waals surface area (Å²) in [4.78, 5) is 52.4. The number of hydrogen-bond donors (Lipinski definition) is 0. The Morgan fingerprint density at radius 1 is 1.00 bits per heavy atom. The second kappa shape index (κ2) is 8.54. The zero-order valence-corrected chi connectivity index (χ0v) is 18.8. The fraction of sp³-hybridized carbons (Fsp3) is 0.409. The highest BCUT2D eigenvalue weighted by molar-refractivity contribution is 5.96. The number of carbonyl (C=O) groups excluding carboxylic acids is 1. The number of carbonyl (C=O) groups is 1. The van der Waals surface area contributed by atoms with Crippen LogP contribution in [-0.2, 0) is 20.6 Å². The molecule has 1 saturated heterocycles. The van der Waals surface area contributed by atoms with Gasteiger partial charge >= 0.3 is 5.69 Å². The quantitative estimate of drug-likeness (QED) is 0.569. The zero-order valence-electron chi connectivity index (χ0n) is 18.8. The summed E-state index contributed by atoms with van der Waals surface area (Å²) in [6.45, 7) is 3.27. The molecule has 4 heterocycles. The molecule has 4 rings (SSSR count). The molecule has 1 aliphatic heterocycles. The van der Waals surface area contributed by atoms with Crippen LogP contribution in [0, 0.1) is 0 Å². The summed E-state index contributed by atoms with van der Waals surface area (Å²) in [6, 6.07) is 5.63. The van der Waals surface area contributed by atoms with Gasteiger partial charge in [0.05, 0.1) is 10.9 Å². The number of piperazine rings is 1. The largest absolute Gasteiger partial charge is 0.353 e. The fourth-order valence-electron chi connectivity index (χ4n) is 3.97. The molecule has 0 aromatic carbocycles. The van der Waals surface area contributed by atoms with Gasteiger partial charge in [-0.05, 0) is 31.8 Å². The number of pyridine rings is 2. The van der Waals surface area contributed by atoms with Gasteiger partial charge in [-0.15, -0.1) is 0 Å². The van der Waals surface area contributed by atoms with E-state index in [2.05, 4.69) is 25.8 Å². The van der Waals surface area contributed by atoms with Crippen molar-refractivity contribution in [2.75, 3.05) is 45.2 Å². The maximum absolute atomic E-state index is 13.1. The van der Waals surface area contributed by atoms with E-state index in [1.165, 1.54) is 23.9 Å². The number of nitrogens with zero attached hydrogens (tertiary/aromatic N) is 7. The smallest absolute Gasteiger partial charge is 0.332 e. The molecule has 10 heteroatoms. The predicted molar refractivity (Wildman–Crippen MR) is 122 cm³/mol. The van der Waals surface area contributed by atoms with Crippen LogP contribution < -0.4 is 16.1 Å². The molecule has 10 nitrogen and oxygen atoms in total. The predicted octanol–water partition coefficient (Wildman–Crippen LogP) is 0.0512. The number of hydrogen-bond acceptors (Lipinski definition) is 7. The number of amides is 1. The number of rotatable bonds is 4. The lowest BCUT2D eigenvalue weighted by molar-refractivity contribution is 0.0746. The highest BCUT2D eigenvalue weighted by atomic mass is 16.2. The lowest BCUT2D eigenvalue weighted by Gasteiger charge is -2.35. The summed E-state index contributed by atoms with van der Waals surface area (Å²) in [5.41, 5.74) is 0.851. The Bertz CT molecular complexity index is 1270. The maximum atomic E-state index is 13.1. The number of aromatic nitrogens is 4. The Balaban J connectivity index is 1.48. The molecular weight excluding hydrogens is 410 g/mol. The molecule has 0 atom stereocenters. The molecular formula is C22H27N7O3. The van der Waals surface area contributed by atoms with E-state index in [0.717, 1.165) is 22.5 Å². The first-order valence-electron chi connectivity index (χ1n) is 10.5. The third kappa shape index (κ3) is 4.01. The van der Waals surface area contributed by atoms with Gasteiger partial charge < -0.3 is 14.7 Å². The van der Waals surface area contributed by atoms with Gasteiger partial charge in [0.25, 0.3) is 11.5 Å². The van der Waals surface area contributed by atoms with Gasteiger partial charge in [0, 0.05) is 59.2 Å². The van der Waals surface area contributed by atoms with E-state index in [-0.39, 0.29) is 16.9 Å². The Hall–Kier alpha value is -3.53. The topological polar surface area (TPSA) is 96.6 Å². The van der Waals surface area contributed by atoms with Crippen molar-refractivity contribution in [3.63, 3.8) is 0 Å². The number of fused-ring (bicyclic) bond motifs is 1. The normalized spacial score (nSPS) is 14.4. The third-order valence-electron chi connectivity index (χ3n) is 5.74. The summed E-state index contributed by atoms with van der Waals surface area (Å²) >= 11 is 0. The molecule has 1 aliphatic rings. The van der Waals surface area contributed by atoms with Gasteiger partial charge in [-0.3, -0.25) is 18.7 Å². The molecule has 1 fully saturated rings. The van der Waals surface area contributed by atoms with Crippen LogP contribution in [0.15, 0.2) is 40.2 Å². The lowest BCUT2D eigenvalue weighted by Crippen LogP contribution is -2.49. The van der Waals surface area contributed by atoms with E-state index < -0.39 is 11.2 Å². The Morgan fingerprint density at radius 2 is 1.72 bits per heavy atom. The van der Waals surface area contributed by atoms with Gasteiger partial charge in [0.1, 0.15) is 11.5 Å². The van der Waals surface area contributed by atoms with Crippen LogP contribution in [0.1, 0.15) is 15.9 Å². The van der Waals surface area contributed by atoms with Crippen LogP contribution in [0.3, 0.4) is 0 Å². The van der Waals surface area contributed by atoms with Crippen molar-refractivity contribution >= 4 is 22.8 Å². The molecule has 32 heavy (non-hydrogen) atoms. The minimum atomic E-state index is -0.459. The highest BCUT2D eigenvalue weighted by Gasteiger charge is 2.24. The van der Waals surface area contributed by atoms with Crippen LogP contribution in [-0.4, -0.2) is 75.1 Å². The highest BCUT2D eigenvalue weighted by Crippen LogP contribution is 2.17. The van der Waals surface area contributed by atoms with Crippen molar-refractivity contribution in [2.24, 2.45) is 14.1 Å². The molecule has 0 saturated carbocycles. The van der Waals surface area contributed by atoms with E-state index in [1.807, 2.05) is 26.4 Å². The Labute approximate surface area is 185 Å². The average Bonchev–Trinajstić information content (AvgIpc) is 2.81. The van der Waals surface area contributed by atoms with E-state index in [4.69, 9.17) is 0 Å². The minimum absolute atomic E-state index is 0.177. The summed E-state index contributed by atoms with van der Waals surface area (Å²) in [6.07, 6.45) is 3.32. The van der Waals surface area contributed by atoms with Crippen LogP contribution in [0.25, 0.3) is 11.0 Å². The maximum Gasteiger partial charge on any atom is 0.332 e. The van der Waals surface area contributed by atoms with Crippen molar-refractivity contribution in [3.05, 3.63) is 62.6 Å². The average molecular weight is 438 g/mol. The number of aryl methyl sites for hydroxylation is 1. The van der Waals surface area contributed by atoms with Crippen LogP contribution in [0.5, 0.6) is 0 Å². The molecule has 0 aliphatic carbocycles. The fourth-order valence-corrected chi connectivity index (χ4v) is 3.97. The van der Waals surface area contributed by atoms with E-state index in [1.54, 1.807) is 11.9 Å². The molecule has 3 aromatic heterocycles. The summed E-state index contributed by atoms with van der Waals surface area (Å²) < 4.78 is 2.33. The minimum Gasteiger partial charge on any atom is -0.353 e. The second-order valence-electron chi connectivity index (χ2n) is 8.34. The van der Waals surface area contributed by atoms with Crippen molar-refractivity contribution in [2.45, 2.75) is 6.54 Å². The monoisotopic (exact) mass is 437 g/mol. The summed E-state index contributed by atoms with van der Waals surface area (Å²) in [5, 5.41) is 0.251.